The Labute approximate surface area is 94.2 Å². The van der Waals surface area contributed by atoms with Crippen molar-refractivity contribution in [3.8, 4) is 0 Å². The summed E-state index contributed by atoms with van der Waals surface area (Å²) in [6.45, 7) is 4.44. The van der Waals surface area contributed by atoms with Crippen LogP contribution in [0.2, 0.25) is 5.22 Å². The summed E-state index contributed by atoms with van der Waals surface area (Å²) in [5, 5.41) is 2.90. The highest BCUT2D eigenvalue weighted by Crippen LogP contribution is 2.15. The zero-order valence-electron chi connectivity index (χ0n) is 8.92. The highest BCUT2D eigenvalue weighted by Gasteiger charge is 2.11. The normalized spacial score (nSPS) is 10.7. The van der Waals surface area contributed by atoms with Gasteiger partial charge in [0.1, 0.15) is 0 Å². The number of halogens is 1. The molecular formula is C10H15ClN2O2. The number of carbonyl (C=O) groups is 1. The summed E-state index contributed by atoms with van der Waals surface area (Å²) in [4.78, 5) is 13.6. The maximum absolute atomic E-state index is 11.5. The quantitative estimate of drug-likeness (QED) is 0.836. The number of likely N-dealkylation sites (N-methyl/N-ethyl adjacent to an activating group) is 1. The number of nitrogens with one attached hydrogen (secondary N) is 1. The SMILES string of the molecule is CCN(C)CCNC(=O)c1ccoc1Cl. The molecule has 0 saturated carbocycles. The largest absolute Gasteiger partial charge is 0.452 e. The topological polar surface area (TPSA) is 45.5 Å². The van der Waals surface area contributed by atoms with Crippen molar-refractivity contribution in [2.45, 2.75) is 6.92 Å². The molecule has 84 valence electrons. The molecular weight excluding hydrogens is 216 g/mol. The number of nitrogens with zero attached hydrogens (tertiary/aromatic N) is 1. The molecule has 1 heterocycles. The van der Waals surface area contributed by atoms with E-state index in [4.69, 9.17) is 16.0 Å². The summed E-state index contributed by atoms with van der Waals surface area (Å²) < 4.78 is 4.83. The van der Waals surface area contributed by atoms with Crippen LogP contribution in [0.4, 0.5) is 0 Å². The van der Waals surface area contributed by atoms with Crippen molar-refractivity contribution < 1.29 is 9.21 Å². The van der Waals surface area contributed by atoms with Crippen LogP contribution < -0.4 is 5.32 Å². The van der Waals surface area contributed by atoms with Crippen molar-refractivity contribution in [3.63, 3.8) is 0 Å². The zero-order valence-corrected chi connectivity index (χ0v) is 9.67. The molecule has 0 spiro atoms. The molecule has 0 atom stereocenters. The first-order valence-electron chi connectivity index (χ1n) is 4.85. The molecule has 0 bridgehead atoms. The molecule has 1 N–H and O–H groups in total. The molecule has 0 aliphatic rings. The molecule has 1 aromatic rings. The lowest BCUT2D eigenvalue weighted by atomic mass is 10.3. The molecule has 0 aliphatic carbocycles. The fourth-order valence-corrected chi connectivity index (χ4v) is 1.27. The van der Waals surface area contributed by atoms with E-state index >= 15 is 0 Å². The summed E-state index contributed by atoms with van der Waals surface area (Å²) in [7, 11) is 2.00. The predicted molar refractivity (Wildman–Crippen MR) is 59.2 cm³/mol. The van der Waals surface area contributed by atoms with E-state index < -0.39 is 0 Å². The van der Waals surface area contributed by atoms with Gasteiger partial charge in [-0.25, -0.2) is 0 Å². The maximum Gasteiger partial charge on any atom is 0.256 e. The summed E-state index contributed by atoms with van der Waals surface area (Å²) in [6, 6.07) is 1.56. The van der Waals surface area contributed by atoms with Gasteiger partial charge in [-0.1, -0.05) is 6.92 Å². The smallest absolute Gasteiger partial charge is 0.256 e. The summed E-state index contributed by atoms with van der Waals surface area (Å²) in [6.07, 6.45) is 1.40. The van der Waals surface area contributed by atoms with Crippen LogP contribution in [0.1, 0.15) is 17.3 Å². The highest BCUT2D eigenvalue weighted by atomic mass is 35.5. The van der Waals surface area contributed by atoms with E-state index in [-0.39, 0.29) is 11.1 Å². The Kier molecular flexibility index (Phi) is 4.65. The number of furan rings is 1. The first kappa shape index (κ1) is 12.1. The molecule has 0 radical (unpaired) electrons. The van der Waals surface area contributed by atoms with E-state index in [1.54, 1.807) is 6.07 Å². The first-order valence-corrected chi connectivity index (χ1v) is 5.22. The Hall–Kier alpha value is -1.00. The zero-order chi connectivity index (χ0) is 11.3. The Balaban J connectivity index is 2.34. The van der Waals surface area contributed by atoms with Gasteiger partial charge in [0.2, 0.25) is 5.22 Å². The van der Waals surface area contributed by atoms with Gasteiger partial charge in [0.05, 0.1) is 11.8 Å². The first-order chi connectivity index (χ1) is 7.15. The molecule has 0 aromatic carbocycles. The molecule has 5 heteroatoms. The fourth-order valence-electron chi connectivity index (χ4n) is 1.07. The minimum atomic E-state index is -0.196. The van der Waals surface area contributed by atoms with Crippen LogP contribution >= 0.6 is 11.6 Å². The lowest BCUT2D eigenvalue weighted by Gasteiger charge is -2.13. The highest BCUT2D eigenvalue weighted by molar-refractivity contribution is 6.32. The Bertz CT molecular complexity index is 325. The second kappa shape index (κ2) is 5.78. The number of hydrogen-bond donors (Lipinski definition) is 1. The van der Waals surface area contributed by atoms with Crippen molar-refractivity contribution in [1.82, 2.24) is 10.2 Å². The average Bonchev–Trinajstić information content (AvgIpc) is 2.64. The molecule has 0 fully saturated rings. The summed E-state index contributed by atoms with van der Waals surface area (Å²) in [5.74, 6) is -0.196. The molecule has 1 aromatic heterocycles. The summed E-state index contributed by atoms with van der Waals surface area (Å²) >= 11 is 5.67. The van der Waals surface area contributed by atoms with E-state index in [0.717, 1.165) is 13.1 Å². The van der Waals surface area contributed by atoms with Crippen molar-refractivity contribution in [3.05, 3.63) is 23.1 Å². The van der Waals surface area contributed by atoms with Gasteiger partial charge in [-0.2, -0.15) is 0 Å². The number of amides is 1. The standard InChI is InChI=1S/C10H15ClN2O2/c1-3-13(2)6-5-12-10(14)8-4-7-15-9(8)11/h4,7H,3,5-6H2,1-2H3,(H,12,14). The van der Waals surface area contributed by atoms with Crippen LogP contribution in [0, 0.1) is 0 Å². The summed E-state index contributed by atoms with van der Waals surface area (Å²) in [5.41, 5.74) is 0.385. The predicted octanol–water partition coefficient (Wildman–Crippen LogP) is 1.61. The maximum atomic E-state index is 11.5. The second-order valence-corrected chi connectivity index (χ2v) is 3.60. The van der Waals surface area contributed by atoms with Crippen LogP contribution in [0.5, 0.6) is 0 Å². The molecule has 0 aliphatic heterocycles. The van der Waals surface area contributed by atoms with E-state index in [1.165, 1.54) is 6.26 Å². The fraction of sp³-hybridized carbons (Fsp3) is 0.500. The monoisotopic (exact) mass is 230 g/mol. The lowest BCUT2D eigenvalue weighted by molar-refractivity contribution is 0.0949. The minimum Gasteiger partial charge on any atom is -0.452 e. The van der Waals surface area contributed by atoms with Gasteiger partial charge in [-0.3, -0.25) is 4.79 Å². The van der Waals surface area contributed by atoms with Gasteiger partial charge >= 0.3 is 0 Å². The van der Waals surface area contributed by atoms with Crippen LogP contribution in [0.25, 0.3) is 0 Å². The van der Waals surface area contributed by atoms with Crippen molar-refractivity contribution in [2.75, 3.05) is 26.7 Å². The van der Waals surface area contributed by atoms with Crippen molar-refractivity contribution in [1.29, 1.82) is 0 Å². The van der Waals surface area contributed by atoms with Gasteiger partial charge in [0, 0.05) is 13.1 Å². The second-order valence-electron chi connectivity index (χ2n) is 3.26. The molecule has 0 unspecified atom stereocenters. The van der Waals surface area contributed by atoms with Crippen LogP contribution in [-0.4, -0.2) is 37.5 Å². The Morgan fingerprint density at radius 1 is 1.67 bits per heavy atom. The number of hydrogen-bond acceptors (Lipinski definition) is 3. The van der Waals surface area contributed by atoms with Gasteiger partial charge in [0.15, 0.2) is 0 Å². The van der Waals surface area contributed by atoms with Crippen molar-refractivity contribution in [2.24, 2.45) is 0 Å². The minimum absolute atomic E-state index is 0.136. The molecule has 1 amide bonds. The van der Waals surface area contributed by atoms with Gasteiger partial charge in [0.25, 0.3) is 5.91 Å². The third-order valence-electron chi connectivity index (χ3n) is 2.18. The molecule has 15 heavy (non-hydrogen) atoms. The van der Waals surface area contributed by atoms with E-state index in [2.05, 4.69) is 17.1 Å². The van der Waals surface area contributed by atoms with Gasteiger partial charge in [-0.15, -0.1) is 0 Å². The van der Waals surface area contributed by atoms with Crippen LogP contribution in [0.15, 0.2) is 16.7 Å². The molecule has 0 saturated heterocycles. The van der Waals surface area contributed by atoms with Crippen LogP contribution in [-0.2, 0) is 0 Å². The van der Waals surface area contributed by atoms with E-state index in [9.17, 15) is 4.79 Å². The molecule has 4 nitrogen and oxygen atoms in total. The van der Waals surface area contributed by atoms with Crippen LogP contribution in [0.3, 0.4) is 0 Å². The van der Waals surface area contributed by atoms with Crippen molar-refractivity contribution >= 4 is 17.5 Å². The third kappa shape index (κ3) is 3.57. The average molecular weight is 231 g/mol. The van der Waals surface area contributed by atoms with Gasteiger partial charge < -0.3 is 14.6 Å². The molecule has 1 rings (SSSR count). The Morgan fingerprint density at radius 2 is 2.40 bits per heavy atom. The number of rotatable bonds is 5. The Morgan fingerprint density at radius 3 is 2.93 bits per heavy atom. The van der Waals surface area contributed by atoms with E-state index in [1.807, 2.05) is 7.05 Å². The third-order valence-corrected chi connectivity index (χ3v) is 2.47. The lowest BCUT2D eigenvalue weighted by Crippen LogP contribution is -2.32. The van der Waals surface area contributed by atoms with Gasteiger partial charge in [-0.05, 0) is 31.3 Å². The number of carbonyl (C=O) groups excluding carboxylic acids is 1. The van der Waals surface area contributed by atoms with E-state index in [0.29, 0.717) is 12.1 Å².